The number of terminal acetylenes is 1. The van der Waals surface area contributed by atoms with Gasteiger partial charge in [-0.3, -0.25) is 0 Å². The Morgan fingerprint density at radius 2 is 1.82 bits per heavy atom. The molecule has 0 N–H and O–H groups in total. The van der Waals surface area contributed by atoms with Gasteiger partial charge >= 0.3 is 6.18 Å². The van der Waals surface area contributed by atoms with E-state index in [2.05, 4.69) is 11.0 Å². The molecule has 0 bridgehead atoms. The van der Waals surface area contributed by atoms with Crippen molar-refractivity contribution in [3.8, 4) is 23.9 Å². The predicted octanol–water partition coefficient (Wildman–Crippen LogP) is 4.86. The Balaban J connectivity index is 2.67. The summed E-state index contributed by atoms with van der Waals surface area (Å²) < 4.78 is 44.8. The second-order valence-corrected chi connectivity index (χ2v) is 5.23. The molecule has 0 atom stereocenters. The van der Waals surface area contributed by atoms with Crippen LogP contribution in [0.1, 0.15) is 5.56 Å². The third kappa shape index (κ3) is 3.27. The monoisotopic (exact) mass is 368 g/mol. The average molecular weight is 370 g/mol. The fourth-order valence-electron chi connectivity index (χ4n) is 1.68. The standard InChI is InChI=1S/C13H6Cl3F3N2O/c1-2-3-22-12-8(13(17,18)19)6-20-21(12)11-9(15)4-7(14)5-10(11)16/h1,4-6H,3H2. The van der Waals surface area contributed by atoms with Crippen molar-refractivity contribution in [3.05, 3.63) is 39.0 Å². The van der Waals surface area contributed by atoms with Gasteiger partial charge in [0.2, 0.25) is 5.88 Å². The van der Waals surface area contributed by atoms with Crippen LogP contribution in [0, 0.1) is 12.3 Å². The third-order valence-electron chi connectivity index (χ3n) is 2.52. The molecule has 9 heteroatoms. The molecule has 2 aromatic rings. The number of ether oxygens (including phenoxy) is 1. The van der Waals surface area contributed by atoms with Gasteiger partial charge in [0.1, 0.15) is 11.3 Å². The van der Waals surface area contributed by atoms with Crippen LogP contribution in [-0.2, 0) is 6.18 Å². The summed E-state index contributed by atoms with van der Waals surface area (Å²) in [5.41, 5.74) is -1.08. The molecular weight excluding hydrogens is 364 g/mol. The van der Waals surface area contributed by atoms with Crippen molar-refractivity contribution in [1.29, 1.82) is 0 Å². The Kier molecular flexibility index (Phi) is 4.81. The zero-order valence-corrected chi connectivity index (χ0v) is 12.9. The Labute approximate surface area is 138 Å². The van der Waals surface area contributed by atoms with Crippen LogP contribution in [0.4, 0.5) is 13.2 Å². The van der Waals surface area contributed by atoms with Crippen molar-refractivity contribution in [3.63, 3.8) is 0 Å². The third-order valence-corrected chi connectivity index (χ3v) is 3.31. The number of alkyl halides is 3. The molecular formula is C13H6Cl3F3N2O. The lowest BCUT2D eigenvalue weighted by Crippen LogP contribution is -2.10. The summed E-state index contributed by atoms with van der Waals surface area (Å²) in [6.45, 7) is -0.377. The van der Waals surface area contributed by atoms with Crippen LogP contribution in [0.2, 0.25) is 15.1 Å². The molecule has 1 heterocycles. The smallest absolute Gasteiger partial charge is 0.423 e. The summed E-state index contributed by atoms with van der Waals surface area (Å²) >= 11 is 17.8. The number of halogens is 6. The maximum Gasteiger partial charge on any atom is 0.423 e. The number of benzene rings is 1. The lowest BCUT2D eigenvalue weighted by molar-refractivity contribution is -0.138. The second kappa shape index (κ2) is 6.29. The van der Waals surface area contributed by atoms with Gasteiger partial charge in [0.15, 0.2) is 6.61 Å². The molecule has 22 heavy (non-hydrogen) atoms. The number of hydrogen-bond acceptors (Lipinski definition) is 2. The molecule has 1 aromatic heterocycles. The van der Waals surface area contributed by atoms with Gasteiger partial charge in [0, 0.05) is 5.02 Å². The predicted molar refractivity (Wildman–Crippen MR) is 77.9 cm³/mol. The average Bonchev–Trinajstić information content (AvgIpc) is 2.78. The quantitative estimate of drug-likeness (QED) is 0.722. The summed E-state index contributed by atoms with van der Waals surface area (Å²) in [7, 11) is 0. The van der Waals surface area contributed by atoms with E-state index in [9.17, 15) is 13.2 Å². The molecule has 0 aliphatic carbocycles. The van der Waals surface area contributed by atoms with Crippen LogP contribution >= 0.6 is 34.8 Å². The van der Waals surface area contributed by atoms with Gasteiger partial charge in [-0.05, 0) is 12.1 Å². The normalized spacial score (nSPS) is 11.3. The molecule has 0 aliphatic rings. The van der Waals surface area contributed by atoms with E-state index in [-0.39, 0.29) is 27.4 Å². The first-order valence-corrected chi connectivity index (χ1v) is 6.75. The summed E-state index contributed by atoms with van der Waals surface area (Å²) in [5.74, 6) is 1.48. The van der Waals surface area contributed by atoms with Crippen LogP contribution in [0.5, 0.6) is 5.88 Å². The first-order valence-electron chi connectivity index (χ1n) is 5.62. The van der Waals surface area contributed by atoms with Crippen LogP contribution < -0.4 is 4.74 Å². The lowest BCUT2D eigenvalue weighted by atomic mass is 10.3. The van der Waals surface area contributed by atoms with Crippen molar-refractivity contribution < 1.29 is 17.9 Å². The molecule has 0 unspecified atom stereocenters. The number of aromatic nitrogens is 2. The van der Waals surface area contributed by atoms with E-state index < -0.39 is 17.6 Å². The van der Waals surface area contributed by atoms with Crippen LogP contribution in [-0.4, -0.2) is 16.4 Å². The minimum atomic E-state index is -4.67. The highest BCUT2D eigenvalue weighted by Crippen LogP contribution is 2.40. The fourth-order valence-corrected chi connectivity index (χ4v) is 2.65. The van der Waals surface area contributed by atoms with Crippen molar-refractivity contribution >= 4 is 34.8 Å². The first-order chi connectivity index (χ1) is 10.3. The molecule has 116 valence electrons. The van der Waals surface area contributed by atoms with Gasteiger partial charge in [-0.25, -0.2) is 0 Å². The zero-order valence-electron chi connectivity index (χ0n) is 10.6. The zero-order chi connectivity index (χ0) is 16.5. The highest BCUT2D eigenvalue weighted by molar-refractivity contribution is 6.40. The Hall–Kier alpha value is -1.55. The molecule has 0 aliphatic heterocycles. The van der Waals surface area contributed by atoms with E-state index in [1.54, 1.807) is 0 Å². The minimum absolute atomic E-state index is 0.00950. The van der Waals surface area contributed by atoms with E-state index in [1.807, 2.05) is 0 Å². The highest BCUT2D eigenvalue weighted by atomic mass is 35.5. The number of hydrogen-bond donors (Lipinski definition) is 0. The minimum Gasteiger partial charge on any atom is -0.464 e. The first kappa shape index (κ1) is 16.8. The molecule has 0 radical (unpaired) electrons. The molecule has 0 amide bonds. The van der Waals surface area contributed by atoms with E-state index in [4.69, 9.17) is 46.0 Å². The van der Waals surface area contributed by atoms with Crippen LogP contribution in [0.3, 0.4) is 0 Å². The molecule has 0 fully saturated rings. The lowest BCUT2D eigenvalue weighted by Gasteiger charge is -2.13. The Morgan fingerprint density at radius 3 is 2.32 bits per heavy atom. The van der Waals surface area contributed by atoms with E-state index in [1.165, 1.54) is 12.1 Å². The topological polar surface area (TPSA) is 27.1 Å². The maximum absolute atomic E-state index is 13.0. The van der Waals surface area contributed by atoms with Gasteiger partial charge in [-0.1, -0.05) is 40.7 Å². The Morgan fingerprint density at radius 1 is 1.23 bits per heavy atom. The van der Waals surface area contributed by atoms with E-state index in [0.717, 1.165) is 4.68 Å². The highest BCUT2D eigenvalue weighted by Gasteiger charge is 2.38. The largest absolute Gasteiger partial charge is 0.464 e. The van der Waals surface area contributed by atoms with E-state index >= 15 is 0 Å². The van der Waals surface area contributed by atoms with Crippen LogP contribution in [0.15, 0.2) is 18.3 Å². The van der Waals surface area contributed by atoms with E-state index in [0.29, 0.717) is 6.20 Å². The van der Waals surface area contributed by atoms with Gasteiger partial charge in [-0.15, -0.1) is 6.42 Å². The van der Waals surface area contributed by atoms with Crippen molar-refractivity contribution in [1.82, 2.24) is 9.78 Å². The second-order valence-electron chi connectivity index (χ2n) is 3.98. The van der Waals surface area contributed by atoms with Crippen molar-refractivity contribution in [2.24, 2.45) is 0 Å². The summed E-state index contributed by atoms with van der Waals surface area (Å²) in [4.78, 5) is 0. The van der Waals surface area contributed by atoms with Gasteiger partial charge in [0.05, 0.1) is 16.2 Å². The molecule has 3 nitrogen and oxygen atoms in total. The van der Waals surface area contributed by atoms with Crippen molar-refractivity contribution in [2.75, 3.05) is 6.61 Å². The maximum atomic E-state index is 13.0. The van der Waals surface area contributed by atoms with Crippen LogP contribution in [0.25, 0.3) is 5.69 Å². The van der Waals surface area contributed by atoms with Crippen molar-refractivity contribution in [2.45, 2.75) is 6.18 Å². The molecule has 2 rings (SSSR count). The number of nitrogens with zero attached hydrogens (tertiary/aromatic N) is 2. The molecule has 0 saturated heterocycles. The molecule has 1 aromatic carbocycles. The fraction of sp³-hybridized carbons (Fsp3) is 0.154. The molecule has 0 saturated carbocycles. The number of rotatable bonds is 3. The molecule has 0 spiro atoms. The summed E-state index contributed by atoms with van der Waals surface area (Å²) in [5, 5.41) is 3.91. The SMILES string of the molecule is C#CCOc1c(C(F)(F)F)cnn1-c1c(Cl)cc(Cl)cc1Cl. The van der Waals surface area contributed by atoms with Gasteiger partial charge in [-0.2, -0.15) is 23.0 Å². The Bertz CT molecular complexity index is 727. The van der Waals surface area contributed by atoms with Gasteiger partial charge < -0.3 is 4.74 Å². The van der Waals surface area contributed by atoms with Gasteiger partial charge in [0.25, 0.3) is 0 Å². The summed E-state index contributed by atoms with van der Waals surface area (Å²) in [6, 6.07) is 2.65. The summed E-state index contributed by atoms with van der Waals surface area (Å²) in [6.07, 6.45) is 0.948.